The summed E-state index contributed by atoms with van der Waals surface area (Å²) in [6.07, 6.45) is 3.64. The summed E-state index contributed by atoms with van der Waals surface area (Å²) < 4.78 is 1.91. The Labute approximate surface area is 155 Å². The first kappa shape index (κ1) is 16.9. The van der Waals surface area contributed by atoms with Gasteiger partial charge < -0.3 is 15.3 Å². The maximum Gasteiger partial charge on any atom is 0.260 e. The van der Waals surface area contributed by atoms with E-state index in [2.05, 4.69) is 9.97 Å². The van der Waals surface area contributed by atoms with E-state index in [-0.39, 0.29) is 17.9 Å². The molecule has 0 spiro atoms. The van der Waals surface area contributed by atoms with Crippen molar-refractivity contribution in [3.05, 3.63) is 83.0 Å². The Morgan fingerprint density at radius 1 is 1.07 bits per heavy atom. The normalized spacial score (nSPS) is 11.0. The van der Waals surface area contributed by atoms with Crippen molar-refractivity contribution in [2.45, 2.75) is 6.42 Å². The Hall–Kier alpha value is -3.51. The van der Waals surface area contributed by atoms with Gasteiger partial charge in [-0.25, -0.2) is 4.98 Å². The van der Waals surface area contributed by atoms with Gasteiger partial charge in [-0.3, -0.25) is 9.59 Å². The van der Waals surface area contributed by atoms with Crippen molar-refractivity contribution in [2.75, 3.05) is 6.54 Å². The highest BCUT2D eigenvalue weighted by Crippen LogP contribution is 2.29. The molecule has 2 heterocycles. The number of hydrogen-bond donors (Lipinski definition) is 2. The molecule has 4 aromatic rings. The molecule has 4 rings (SSSR count). The molecular weight excluding hydrogens is 340 g/mol. The van der Waals surface area contributed by atoms with Crippen LogP contribution in [0, 0.1) is 0 Å². The van der Waals surface area contributed by atoms with E-state index in [9.17, 15) is 9.59 Å². The SMILES string of the molecule is NCC(=O)Cc1ccc(-c2cn(-c3ccccc3)c3nc[nH]c(=O)c23)cc1. The molecule has 0 atom stereocenters. The summed E-state index contributed by atoms with van der Waals surface area (Å²) in [5, 5.41) is 0.534. The van der Waals surface area contributed by atoms with Crippen molar-refractivity contribution in [3.63, 3.8) is 0 Å². The summed E-state index contributed by atoms with van der Waals surface area (Å²) in [4.78, 5) is 31.1. The molecule has 0 unspecified atom stereocenters. The topological polar surface area (TPSA) is 93.8 Å². The number of aromatic nitrogens is 3. The van der Waals surface area contributed by atoms with Crippen LogP contribution >= 0.6 is 0 Å². The number of rotatable bonds is 5. The van der Waals surface area contributed by atoms with Gasteiger partial charge in [0.2, 0.25) is 0 Å². The zero-order valence-corrected chi connectivity index (χ0v) is 14.6. The summed E-state index contributed by atoms with van der Waals surface area (Å²) in [5.74, 6) is -0.0101. The van der Waals surface area contributed by atoms with Crippen molar-refractivity contribution in [3.8, 4) is 16.8 Å². The fourth-order valence-electron chi connectivity index (χ4n) is 3.18. The quantitative estimate of drug-likeness (QED) is 0.573. The molecular formula is C21H18N4O2. The Morgan fingerprint density at radius 2 is 1.81 bits per heavy atom. The summed E-state index contributed by atoms with van der Waals surface area (Å²) in [6.45, 7) is 0.0351. The minimum Gasteiger partial charge on any atom is -0.324 e. The summed E-state index contributed by atoms with van der Waals surface area (Å²) in [5.41, 5.74) is 9.29. The Kier molecular flexibility index (Phi) is 4.40. The average molecular weight is 358 g/mol. The number of ketones is 1. The number of H-pyrrole nitrogens is 1. The second-order valence-corrected chi connectivity index (χ2v) is 6.30. The maximum absolute atomic E-state index is 12.5. The molecule has 0 fully saturated rings. The number of fused-ring (bicyclic) bond motifs is 1. The minimum atomic E-state index is -0.188. The number of nitrogens with zero attached hydrogens (tertiary/aromatic N) is 2. The van der Waals surface area contributed by atoms with Crippen molar-refractivity contribution < 1.29 is 4.79 Å². The van der Waals surface area contributed by atoms with Gasteiger partial charge in [-0.1, -0.05) is 42.5 Å². The monoisotopic (exact) mass is 358 g/mol. The Morgan fingerprint density at radius 3 is 2.52 bits per heavy atom. The van der Waals surface area contributed by atoms with Gasteiger partial charge in [-0.05, 0) is 23.3 Å². The first-order valence-corrected chi connectivity index (χ1v) is 8.62. The van der Waals surface area contributed by atoms with Crippen LogP contribution in [0.25, 0.3) is 27.8 Å². The van der Waals surface area contributed by atoms with Crippen LogP contribution in [-0.2, 0) is 11.2 Å². The Balaban J connectivity index is 1.85. The fraction of sp³-hybridized carbons (Fsp3) is 0.0952. The number of para-hydroxylation sites is 1. The average Bonchev–Trinajstić information content (AvgIpc) is 3.10. The van der Waals surface area contributed by atoms with Gasteiger partial charge in [0.05, 0.1) is 18.3 Å². The van der Waals surface area contributed by atoms with E-state index in [1.54, 1.807) is 0 Å². The van der Waals surface area contributed by atoms with Crippen LogP contribution < -0.4 is 11.3 Å². The number of benzene rings is 2. The van der Waals surface area contributed by atoms with Crippen LogP contribution in [0.5, 0.6) is 0 Å². The van der Waals surface area contributed by atoms with Crippen LogP contribution in [0.2, 0.25) is 0 Å². The molecule has 3 N–H and O–H groups in total. The molecule has 134 valence electrons. The van der Waals surface area contributed by atoms with Crippen LogP contribution in [0.4, 0.5) is 0 Å². The first-order chi connectivity index (χ1) is 13.2. The van der Waals surface area contributed by atoms with Crippen LogP contribution in [0.1, 0.15) is 5.56 Å². The number of aromatic amines is 1. The van der Waals surface area contributed by atoms with E-state index >= 15 is 0 Å². The van der Waals surface area contributed by atoms with Crippen LogP contribution in [0.3, 0.4) is 0 Å². The highest BCUT2D eigenvalue weighted by atomic mass is 16.1. The summed E-state index contributed by atoms with van der Waals surface area (Å²) in [6, 6.07) is 17.4. The van der Waals surface area contributed by atoms with Gasteiger partial charge in [-0.2, -0.15) is 0 Å². The fourth-order valence-corrected chi connectivity index (χ4v) is 3.18. The number of Topliss-reactive ketones (excluding diaryl/α,β-unsaturated/α-hetero) is 1. The molecule has 0 bridgehead atoms. The summed E-state index contributed by atoms with van der Waals surface area (Å²) in [7, 11) is 0. The third-order valence-corrected chi connectivity index (χ3v) is 4.52. The summed E-state index contributed by atoms with van der Waals surface area (Å²) >= 11 is 0. The van der Waals surface area contributed by atoms with Crippen molar-refractivity contribution >= 4 is 16.8 Å². The molecule has 0 amide bonds. The largest absolute Gasteiger partial charge is 0.324 e. The standard InChI is InChI=1S/C21H18N4O2/c22-11-17(26)10-14-6-8-15(9-7-14)18-12-25(16-4-2-1-3-5-16)20-19(18)21(27)24-13-23-20/h1-9,12-13H,10-11,22H2,(H,23,24,27). The zero-order chi connectivity index (χ0) is 18.8. The van der Waals surface area contributed by atoms with Crippen molar-refractivity contribution in [1.82, 2.24) is 14.5 Å². The molecule has 27 heavy (non-hydrogen) atoms. The second-order valence-electron chi connectivity index (χ2n) is 6.30. The molecule has 0 radical (unpaired) electrons. The molecule has 0 saturated heterocycles. The number of nitrogens with two attached hydrogens (primary N) is 1. The lowest BCUT2D eigenvalue weighted by atomic mass is 10.0. The van der Waals surface area contributed by atoms with E-state index in [0.29, 0.717) is 17.5 Å². The van der Waals surface area contributed by atoms with Crippen molar-refractivity contribution in [1.29, 1.82) is 0 Å². The molecule has 0 aliphatic rings. The molecule has 0 aliphatic heterocycles. The minimum absolute atomic E-state index is 0.0101. The van der Waals surface area contributed by atoms with Gasteiger partial charge >= 0.3 is 0 Å². The number of hydrogen-bond acceptors (Lipinski definition) is 4. The van der Waals surface area contributed by atoms with Gasteiger partial charge in [0.15, 0.2) is 11.4 Å². The maximum atomic E-state index is 12.5. The van der Waals surface area contributed by atoms with Gasteiger partial charge in [0, 0.05) is 23.9 Å². The Bertz CT molecular complexity index is 1160. The molecule has 2 aromatic heterocycles. The number of nitrogens with one attached hydrogen (secondary N) is 1. The lowest BCUT2D eigenvalue weighted by Crippen LogP contribution is -2.15. The van der Waals surface area contributed by atoms with E-state index < -0.39 is 0 Å². The first-order valence-electron chi connectivity index (χ1n) is 8.62. The lowest BCUT2D eigenvalue weighted by molar-refractivity contribution is -0.117. The third-order valence-electron chi connectivity index (χ3n) is 4.52. The number of carbonyl (C=O) groups is 1. The predicted molar refractivity (Wildman–Crippen MR) is 105 cm³/mol. The highest BCUT2D eigenvalue weighted by molar-refractivity contribution is 5.94. The lowest BCUT2D eigenvalue weighted by Gasteiger charge is -2.03. The van der Waals surface area contributed by atoms with Crippen LogP contribution in [-0.4, -0.2) is 26.9 Å². The molecule has 0 aliphatic carbocycles. The molecule has 2 aromatic carbocycles. The van der Waals surface area contributed by atoms with Crippen molar-refractivity contribution in [2.24, 2.45) is 5.73 Å². The second kappa shape index (κ2) is 7.01. The molecule has 6 nitrogen and oxygen atoms in total. The highest BCUT2D eigenvalue weighted by Gasteiger charge is 2.15. The van der Waals surface area contributed by atoms with E-state index in [4.69, 9.17) is 5.73 Å². The third kappa shape index (κ3) is 3.18. The van der Waals surface area contributed by atoms with E-state index in [0.717, 1.165) is 22.4 Å². The zero-order valence-electron chi connectivity index (χ0n) is 14.6. The van der Waals surface area contributed by atoms with Gasteiger partial charge in [0.25, 0.3) is 5.56 Å². The molecule has 6 heteroatoms. The van der Waals surface area contributed by atoms with E-state index in [1.807, 2.05) is 65.4 Å². The predicted octanol–water partition coefficient (Wildman–Crippen LogP) is 2.45. The van der Waals surface area contributed by atoms with E-state index in [1.165, 1.54) is 6.33 Å². The van der Waals surface area contributed by atoms with Crippen LogP contribution in [0.15, 0.2) is 71.9 Å². The van der Waals surface area contributed by atoms with Gasteiger partial charge in [-0.15, -0.1) is 0 Å². The van der Waals surface area contributed by atoms with Gasteiger partial charge in [0.1, 0.15) is 0 Å². The molecule has 0 saturated carbocycles. The number of carbonyl (C=O) groups excluding carboxylic acids is 1. The smallest absolute Gasteiger partial charge is 0.260 e.